The fraction of sp³-hybridized carbons (Fsp3) is 0.286. The van der Waals surface area contributed by atoms with Gasteiger partial charge in [-0.3, -0.25) is 14.5 Å². The van der Waals surface area contributed by atoms with Gasteiger partial charge in [0, 0.05) is 12.5 Å². The number of thioether (sulfide) groups is 1. The molecule has 0 radical (unpaired) electrons. The molecule has 1 saturated heterocycles. The number of rotatable bonds is 5. The smallest absolute Gasteiger partial charge is 0.325 e. The number of benzene rings is 2. The Balaban J connectivity index is 1.49. The predicted octanol–water partition coefficient (Wildman–Crippen LogP) is 4.83. The van der Waals surface area contributed by atoms with Crippen molar-refractivity contribution in [3.63, 3.8) is 0 Å². The number of carbonyl (C=O) groups excluding carboxylic acids is 2. The number of nitrogens with zero attached hydrogens (tertiary/aromatic N) is 2. The summed E-state index contributed by atoms with van der Waals surface area (Å²) in [5.74, 6) is -0.870. The van der Waals surface area contributed by atoms with E-state index in [1.165, 1.54) is 30.0 Å². The van der Waals surface area contributed by atoms with Crippen LogP contribution in [0, 0.1) is 0 Å². The zero-order valence-corrected chi connectivity index (χ0v) is 16.5. The summed E-state index contributed by atoms with van der Waals surface area (Å²) < 4.78 is 39.4. The quantitative estimate of drug-likeness (QED) is 0.735. The Morgan fingerprint density at radius 3 is 2.43 bits per heavy atom. The topological polar surface area (TPSA) is 61.8 Å². The third-order valence-electron chi connectivity index (χ3n) is 4.74. The minimum Gasteiger partial charge on any atom is -0.325 e. The normalized spacial score (nSPS) is 20.6. The van der Waals surface area contributed by atoms with Crippen LogP contribution in [0.15, 0.2) is 59.6 Å². The molecule has 0 spiro atoms. The summed E-state index contributed by atoms with van der Waals surface area (Å²) in [5.41, 5.74) is -0.542. The number of carbonyl (C=O) groups is 2. The van der Waals surface area contributed by atoms with Crippen molar-refractivity contribution >= 4 is 40.1 Å². The number of alkyl halides is 3. The molecule has 4 rings (SSSR count). The van der Waals surface area contributed by atoms with Gasteiger partial charge in [-0.15, -0.1) is 0 Å². The molecule has 1 N–H and O–H groups in total. The number of anilines is 1. The van der Waals surface area contributed by atoms with Crippen molar-refractivity contribution < 1.29 is 22.8 Å². The molecular formula is C21H18F3N3O2S. The molecule has 5 nitrogen and oxygen atoms in total. The highest BCUT2D eigenvalue weighted by Gasteiger charge is 2.46. The van der Waals surface area contributed by atoms with Gasteiger partial charge in [-0.25, -0.2) is 4.99 Å². The molecule has 1 saturated carbocycles. The van der Waals surface area contributed by atoms with Crippen LogP contribution in [0.2, 0.25) is 0 Å². The van der Waals surface area contributed by atoms with Gasteiger partial charge in [0.25, 0.3) is 0 Å². The van der Waals surface area contributed by atoms with Crippen molar-refractivity contribution in [1.82, 2.24) is 4.90 Å². The van der Waals surface area contributed by atoms with Crippen LogP contribution in [0.25, 0.3) is 0 Å². The van der Waals surface area contributed by atoms with Crippen LogP contribution in [0.4, 0.5) is 24.5 Å². The van der Waals surface area contributed by atoms with Gasteiger partial charge < -0.3 is 5.32 Å². The Labute approximate surface area is 175 Å². The SMILES string of the molecule is O=C(CC1SC(=Nc2ccccc2)N(C2CC2)C1=O)Nc1ccccc1C(F)(F)F. The summed E-state index contributed by atoms with van der Waals surface area (Å²) in [6.07, 6.45) is -3.07. The standard InChI is InChI=1S/C21H18F3N3O2S/c22-21(23,24)15-8-4-5-9-16(15)26-18(28)12-17-19(29)27(14-10-11-14)20(30-17)25-13-6-2-1-3-7-13/h1-9,14,17H,10-12H2,(H,26,28). The monoisotopic (exact) mass is 433 g/mol. The Bertz CT molecular complexity index is 990. The molecule has 0 aromatic heterocycles. The first-order chi connectivity index (χ1) is 14.3. The third-order valence-corrected chi connectivity index (χ3v) is 5.89. The van der Waals surface area contributed by atoms with E-state index in [0.717, 1.165) is 18.9 Å². The molecule has 2 aliphatic rings. The molecular weight excluding hydrogens is 415 g/mol. The van der Waals surface area contributed by atoms with Gasteiger partial charge in [-0.05, 0) is 37.1 Å². The molecule has 2 fully saturated rings. The minimum absolute atomic E-state index is 0.0754. The summed E-state index contributed by atoms with van der Waals surface area (Å²) in [5, 5.41) is 2.12. The zero-order chi connectivity index (χ0) is 21.3. The summed E-state index contributed by atoms with van der Waals surface area (Å²) in [6, 6.07) is 14.0. The summed E-state index contributed by atoms with van der Waals surface area (Å²) >= 11 is 1.18. The largest absolute Gasteiger partial charge is 0.418 e. The van der Waals surface area contributed by atoms with E-state index in [1.807, 2.05) is 30.3 Å². The molecule has 30 heavy (non-hydrogen) atoms. The molecule has 2 amide bonds. The number of amidine groups is 1. The molecule has 1 aliphatic heterocycles. The first-order valence-corrected chi connectivity index (χ1v) is 10.3. The Morgan fingerprint density at radius 2 is 1.77 bits per heavy atom. The lowest BCUT2D eigenvalue weighted by Gasteiger charge is -2.16. The molecule has 1 heterocycles. The fourth-order valence-electron chi connectivity index (χ4n) is 3.18. The Hall–Kier alpha value is -2.81. The van der Waals surface area contributed by atoms with Crippen LogP contribution >= 0.6 is 11.8 Å². The van der Waals surface area contributed by atoms with E-state index in [0.29, 0.717) is 10.9 Å². The van der Waals surface area contributed by atoms with Crippen molar-refractivity contribution in [3.05, 3.63) is 60.2 Å². The maximum Gasteiger partial charge on any atom is 0.418 e. The second-order valence-corrected chi connectivity index (χ2v) is 8.24. The summed E-state index contributed by atoms with van der Waals surface area (Å²) in [4.78, 5) is 31.5. The number of hydrogen-bond acceptors (Lipinski definition) is 4. The van der Waals surface area contributed by atoms with E-state index >= 15 is 0 Å². The second-order valence-electron chi connectivity index (χ2n) is 7.07. The van der Waals surface area contributed by atoms with Gasteiger partial charge in [0.1, 0.15) is 5.25 Å². The van der Waals surface area contributed by atoms with Gasteiger partial charge >= 0.3 is 6.18 Å². The first-order valence-electron chi connectivity index (χ1n) is 9.42. The van der Waals surface area contributed by atoms with Crippen LogP contribution in [0.1, 0.15) is 24.8 Å². The number of nitrogens with one attached hydrogen (secondary N) is 1. The first kappa shape index (κ1) is 20.5. The van der Waals surface area contributed by atoms with Crippen molar-refractivity contribution in [2.24, 2.45) is 4.99 Å². The van der Waals surface area contributed by atoms with Gasteiger partial charge in [-0.2, -0.15) is 13.2 Å². The number of aliphatic imine (C=N–C) groups is 1. The highest BCUT2D eigenvalue weighted by molar-refractivity contribution is 8.15. The summed E-state index contributed by atoms with van der Waals surface area (Å²) in [6.45, 7) is 0. The molecule has 1 aliphatic carbocycles. The van der Waals surface area contributed by atoms with Gasteiger partial charge in [0.2, 0.25) is 11.8 Å². The van der Waals surface area contributed by atoms with E-state index in [2.05, 4.69) is 10.3 Å². The zero-order valence-electron chi connectivity index (χ0n) is 15.7. The Kier molecular flexibility index (Phi) is 5.55. The molecule has 0 bridgehead atoms. The molecule has 156 valence electrons. The van der Waals surface area contributed by atoms with Crippen LogP contribution in [-0.4, -0.2) is 33.2 Å². The van der Waals surface area contributed by atoms with E-state index < -0.39 is 22.9 Å². The Morgan fingerprint density at radius 1 is 1.10 bits per heavy atom. The second kappa shape index (κ2) is 8.14. The molecule has 1 unspecified atom stereocenters. The lowest BCUT2D eigenvalue weighted by molar-refractivity contribution is -0.137. The van der Waals surface area contributed by atoms with Crippen LogP contribution in [0.5, 0.6) is 0 Å². The predicted molar refractivity (Wildman–Crippen MR) is 109 cm³/mol. The maximum atomic E-state index is 13.1. The van der Waals surface area contributed by atoms with Gasteiger partial charge in [-0.1, -0.05) is 42.1 Å². The van der Waals surface area contributed by atoms with Crippen LogP contribution in [0.3, 0.4) is 0 Å². The van der Waals surface area contributed by atoms with E-state index in [-0.39, 0.29) is 24.1 Å². The van der Waals surface area contributed by atoms with E-state index in [4.69, 9.17) is 0 Å². The van der Waals surface area contributed by atoms with Crippen molar-refractivity contribution in [3.8, 4) is 0 Å². The van der Waals surface area contributed by atoms with Gasteiger partial charge in [0.05, 0.1) is 16.9 Å². The third kappa shape index (κ3) is 4.51. The molecule has 2 aromatic carbocycles. The van der Waals surface area contributed by atoms with Gasteiger partial charge in [0.15, 0.2) is 5.17 Å². The minimum atomic E-state index is -4.58. The lowest BCUT2D eigenvalue weighted by atomic mass is 10.1. The number of hydrogen-bond donors (Lipinski definition) is 1. The average molecular weight is 433 g/mol. The molecule has 1 atom stereocenters. The summed E-state index contributed by atoms with van der Waals surface area (Å²) in [7, 11) is 0. The van der Waals surface area contributed by atoms with Crippen molar-refractivity contribution in [1.29, 1.82) is 0 Å². The van der Waals surface area contributed by atoms with E-state index in [9.17, 15) is 22.8 Å². The van der Waals surface area contributed by atoms with Crippen molar-refractivity contribution in [2.45, 2.75) is 36.7 Å². The highest BCUT2D eigenvalue weighted by atomic mass is 32.2. The average Bonchev–Trinajstić information content (AvgIpc) is 3.48. The highest BCUT2D eigenvalue weighted by Crippen LogP contribution is 2.40. The van der Waals surface area contributed by atoms with E-state index in [1.54, 1.807) is 4.90 Å². The maximum absolute atomic E-state index is 13.1. The molecule has 9 heteroatoms. The number of halogens is 3. The molecule has 2 aromatic rings. The van der Waals surface area contributed by atoms with Crippen LogP contribution in [-0.2, 0) is 15.8 Å². The fourth-order valence-corrected chi connectivity index (χ4v) is 4.40. The van der Waals surface area contributed by atoms with Crippen LogP contribution < -0.4 is 5.32 Å². The lowest BCUT2D eigenvalue weighted by Crippen LogP contribution is -2.35. The number of amides is 2. The van der Waals surface area contributed by atoms with Crippen molar-refractivity contribution in [2.75, 3.05) is 5.32 Å². The number of para-hydroxylation sites is 2.